The highest BCUT2D eigenvalue weighted by Crippen LogP contribution is 2.28. The largest absolute Gasteiger partial charge is 0.373 e. The van der Waals surface area contributed by atoms with Crippen molar-refractivity contribution in [2.24, 2.45) is 5.92 Å². The molecule has 0 aromatic carbocycles. The molecule has 4 heteroatoms. The monoisotopic (exact) mass is 276 g/mol. The number of hydrogen-bond donors (Lipinski definition) is 2. The van der Waals surface area contributed by atoms with Gasteiger partial charge in [-0.25, -0.2) is 9.97 Å². The van der Waals surface area contributed by atoms with Crippen LogP contribution in [0.2, 0.25) is 0 Å². The van der Waals surface area contributed by atoms with E-state index >= 15 is 0 Å². The Hall–Kier alpha value is -1.32. The Balaban J connectivity index is 2.14. The van der Waals surface area contributed by atoms with Gasteiger partial charge in [0.15, 0.2) is 0 Å². The Kier molecular flexibility index (Phi) is 5.21. The first-order valence-corrected chi connectivity index (χ1v) is 7.95. The minimum absolute atomic E-state index is 0.569. The molecule has 1 heterocycles. The van der Waals surface area contributed by atoms with Crippen molar-refractivity contribution in [3.63, 3.8) is 0 Å². The van der Waals surface area contributed by atoms with Gasteiger partial charge in [0.2, 0.25) is 0 Å². The number of nitrogens with zero attached hydrogens (tertiary/aromatic N) is 2. The smallest absolute Gasteiger partial charge is 0.134 e. The summed E-state index contributed by atoms with van der Waals surface area (Å²) in [6.45, 7) is 6.61. The maximum Gasteiger partial charge on any atom is 0.134 e. The first-order valence-electron chi connectivity index (χ1n) is 7.95. The van der Waals surface area contributed by atoms with Gasteiger partial charge in [0.05, 0.1) is 0 Å². The molecular formula is C16H28N4. The van der Waals surface area contributed by atoms with Crippen LogP contribution in [0.3, 0.4) is 0 Å². The van der Waals surface area contributed by atoms with Crippen LogP contribution in [0.25, 0.3) is 0 Å². The van der Waals surface area contributed by atoms with Crippen molar-refractivity contribution in [3.8, 4) is 0 Å². The van der Waals surface area contributed by atoms with Crippen molar-refractivity contribution in [1.29, 1.82) is 0 Å². The van der Waals surface area contributed by atoms with Crippen molar-refractivity contribution in [1.82, 2.24) is 9.97 Å². The zero-order chi connectivity index (χ0) is 14.5. The Labute approximate surface area is 122 Å². The Bertz CT molecular complexity index is 436. The third kappa shape index (κ3) is 3.62. The molecule has 1 aromatic rings. The normalized spacial score (nSPS) is 22.6. The van der Waals surface area contributed by atoms with Crippen LogP contribution in [0, 0.1) is 12.8 Å². The van der Waals surface area contributed by atoms with Gasteiger partial charge in [-0.1, -0.05) is 13.8 Å². The zero-order valence-electron chi connectivity index (χ0n) is 13.3. The van der Waals surface area contributed by atoms with Gasteiger partial charge in [0.25, 0.3) is 0 Å². The van der Waals surface area contributed by atoms with Gasteiger partial charge in [0.1, 0.15) is 17.5 Å². The molecule has 0 spiro atoms. The van der Waals surface area contributed by atoms with Crippen LogP contribution >= 0.6 is 0 Å². The van der Waals surface area contributed by atoms with E-state index in [1.165, 1.54) is 25.7 Å². The minimum Gasteiger partial charge on any atom is -0.373 e. The SMILES string of the molecule is CCCc1nc(NC)c(C)c(NC2CCC(C)CC2)n1. The fourth-order valence-electron chi connectivity index (χ4n) is 2.88. The van der Waals surface area contributed by atoms with Crippen molar-refractivity contribution >= 4 is 11.6 Å². The molecule has 1 aliphatic rings. The molecule has 1 aliphatic carbocycles. The molecule has 1 fully saturated rings. The van der Waals surface area contributed by atoms with E-state index in [-0.39, 0.29) is 0 Å². The zero-order valence-corrected chi connectivity index (χ0v) is 13.3. The molecule has 0 bridgehead atoms. The molecule has 0 amide bonds. The summed E-state index contributed by atoms with van der Waals surface area (Å²) in [6, 6.07) is 0.569. The Morgan fingerprint density at radius 3 is 2.35 bits per heavy atom. The lowest BCUT2D eigenvalue weighted by Crippen LogP contribution is -2.26. The molecular weight excluding hydrogens is 248 g/mol. The van der Waals surface area contributed by atoms with Crippen molar-refractivity contribution < 1.29 is 0 Å². The molecule has 4 nitrogen and oxygen atoms in total. The molecule has 1 aromatic heterocycles. The lowest BCUT2D eigenvalue weighted by atomic mass is 9.87. The van der Waals surface area contributed by atoms with Crippen LogP contribution < -0.4 is 10.6 Å². The van der Waals surface area contributed by atoms with Crippen LogP contribution in [0.1, 0.15) is 57.3 Å². The predicted molar refractivity (Wildman–Crippen MR) is 85.4 cm³/mol. The molecule has 2 N–H and O–H groups in total. The summed E-state index contributed by atoms with van der Waals surface area (Å²) in [6.07, 6.45) is 7.16. The first-order chi connectivity index (χ1) is 9.63. The van der Waals surface area contributed by atoms with E-state index in [2.05, 4.69) is 36.4 Å². The second-order valence-electron chi connectivity index (χ2n) is 6.06. The Morgan fingerprint density at radius 2 is 1.75 bits per heavy atom. The molecule has 0 saturated heterocycles. The van der Waals surface area contributed by atoms with Crippen LogP contribution in [-0.4, -0.2) is 23.1 Å². The van der Waals surface area contributed by atoms with Gasteiger partial charge in [-0.2, -0.15) is 0 Å². The van der Waals surface area contributed by atoms with Crippen LogP contribution in [0.5, 0.6) is 0 Å². The van der Waals surface area contributed by atoms with E-state index in [1.54, 1.807) is 0 Å². The average Bonchev–Trinajstić information content (AvgIpc) is 2.45. The molecule has 0 atom stereocenters. The lowest BCUT2D eigenvalue weighted by molar-refractivity contribution is 0.360. The quantitative estimate of drug-likeness (QED) is 0.859. The highest BCUT2D eigenvalue weighted by atomic mass is 15.1. The van der Waals surface area contributed by atoms with Crippen LogP contribution in [-0.2, 0) is 6.42 Å². The summed E-state index contributed by atoms with van der Waals surface area (Å²) in [7, 11) is 1.93. The number of anilines is 2. The number of nitrogens with one attached hydrogen (secondary N) is 2. The van der Waals surface area contributed by atoms with Gasteiger partial charge in [-0.05, 0) is 44.9 Å². The van der Waals surface area contributed by atoms with Gasteiger partial charge < -0.3 is 10.6 Å². The van der Waals surface area contributed by atoms with Gasteiger partial charge in [-0.3, -0.25) is 0 Å². The third-order valence-electron chi connectivity index (χ3n) is 4.26. The molecule has 20 heavy (non-hydrogen) atoms. The van der Waals surface area contributed by atoms with E-state index in [1.807, 2.05) is 7.05 Å². The molecule has 0 aliphatic heterocycles. The maximum absolute atomic E-state index is 4.72. The minimum atomic E-state index is 0.569. The number of aromatic nitrogens is 2. The first kappa shape index (κ1) is 15.1. The fourth-order valence-corrected chi connectivity index (χ4v) is 2.88. The van der Waals surface area contributed by atoms with Crippen molar-refractivity contribution in [3.05, 3.63) is 11.4 Å². The molecule has 1 saturated carbocycles. The Morgan fingerprint density at radius 1 is 1.10 bits per heavy atom. The fraction of sp³-hybridized carbons (Fsp3) is 0.750. The second-order valence-corrected chi connectivity index (χ2v) is 6.06. The lowest BCUT2D eigenvalue weighted by Gasteiger charge is -2.28. The van der Waals surface area contributed by atoms with E-state index in [9.17, 15) is 0 Å². The van der Waals surface area contributed by atoms with Crippen LogP contribution in [0.4, 0.5) is 11.6 Å². The summed E-state index contributed by atoms with van der Waals surface area (Å²) < 4.78 is 0. The molecule has 112 valence electrons. The number of hydrogen-bond acceptors (Lipinski definition) is 4. The van der Waals surface area contributed by atoms with E-state index in [4.69, 9.17) is 4.98 Å². The van der Waals surface area contributed by atoms with E-state index in [0.717, 1.165) is 41.8 Å². The molecule has 0 radical (unpaired) electrons. The van der Waals surface area contributed by atoms with Gasteiger partial charge >= 0.3 is 0 Å². The highest BCUT2D eigenvalue weighted by molar-refractivity contribution is 5.57. The summed E-state index contributed by atoms with van der Waals surface area (Å²) in [4.78, 5) is 9.31. The van der Waals surface area contributed by atoms with Gasteiger partial charge in [-0.15, -0.1) is 0 Å². The predicted octanol–water partition coefficient (Wildman–Crippen LogP) is 3.77. The summed E-state index contributed by atoms with van der Waals surface area (Å²) >= 11 is 0. The van der Waals surface area contributed by atoms with E-state index < -0.39 is 0 Å². The highest BCUT2D eigenvalue weighted by Gasteiger charge is 2.20. The van der Waals surface area contributed by atoms with Gasteiger partial charge in [0, 0.05) is 25.1 Å². The number of aryl methyl sites for hydroxylation is 1. The second kappa shape index (κ2) is 6.91. The molecule has 2 rings (SSSR count). The summed E-state index contributed by atoms with van der Waals surface area (Å²) in [5.74, 6) is 3.79. The summed E-state index contributed by atoms with van der Waals surface area (Å²) in [5.41, 5.74) is 1.13. The van der Waals surface area contributed by atoms with Crippen molar-refractivity contribution in [2.45, 2.75) is 65.3 Å². The topological polar surface area (TPSA) is 49.8 Å². The average molecular weight is 276 g/mol. The standard InChI is InChI=1S/C16H28N4/c1-5-6-14-19-15(17-4)12(3)16(20-14)18-13-9-7-11(2)8-10-13/h11,13H,5-10H2,1-4H3,(H2,17,18,19,20). The number of rotatable bonds is 5. The van der Waals surface area contributed by atoms with Crippen molar-refractivity contribution in [2.75, 3.05) is 17.7 Å². The third-order valence-corrected chi connectivity index (χ3v) is 4.26. The maximum atomic E-state index is 4.72. The molecule has 0 unspecified atom stereocenters. The van der Waals surface area contributed by atoms with Crippen LogP contribution in [0.15, 0.2) is 0 Å². The van der Waals surface area contributed by atoms with E-state index in [0.29, 0.717) is 6.04 Å². The summed E-state index contributed by atoms with van der Waals surface area (Å²) in [5, 5.41) is 6.84.